The number of hydrogen-bond donors (Lipinski definition) is 1. The minimum atomic E-state index is -0.374. The summed E-state index contributed by atoms with van der Waals surface area (Å²) in [7, 11) is 1.56. The van der Waals surface area contributed by atoms with Crippen LogP contribution in [0, 0.1) is 11.3 Å². The van der Waals surface area contributed by atoms with Crippen LogP contribution < -0.4 is 14.8 Å². The van der Waals surface area contributed by atoms with Gasteiger partial charge in [0.1, 0.15) is 11.6 Å². The highest BCUT2D eigenvalue weighted by Gasteiger charge is 2.10. The molecule has 0 fully saturated rings. The fraction of sp³-hybridized carbons (Fsp3) is 0.273. The summed E-state index contributed by atoms with van der Waals surface area (Å²) in [5.41, 5.74) is 1.96. The Hall–Kier alpha value is -3.26. The number of ether oxygens (including phenoxy) is 2. The van der Waals surface area contributed by atoms with E-state index in [-0.39, 0.29) is 11.5 Å². The van der Waals surface area contributed by atoms with E-state index in [0.29, 0.717) is 30.2 Å². The van der Waals surface area contributed by atoms with E-state index in [1.54, 1.807) is 31.4 Å². The first kappa shape index (κ1) is 20.1. The summed E-state index contributed by atoms with van der Waals surface area (Å²) in [6, 6.07) is 17.4. The molecule has 5 nitrogen and oxygen atoms in total. The van der Waals surface area contributed by atoms with Gasteiger partial charge in [0.25, 0.3) is 5.91 Å². The zero-order valence-electron chi connectivity index (χ0n) is 15.7. The summed E-state index contributed by atoms with van der Waals surface area (Å²) in [6.45, 7) is 3.02. The fourth-order valence-electron chi connectivity index (χ4n) is 2.47. The summed E-state index contributed by atoms with van der Waals surface area (Å²) in [5.74, 6) is 0.809. The number of rotatable bonds is 9. The van der Waals surface area contributed by atoms with Gasteiger partial charge in [0.05, 0.1) is 13.7 Å². The monoisotopic (exact) mass is 364 g/mol. The van der Waals surface area contributed by atoms with Crippen molar-refractivity contribution >= 4 is 12.0 Å². The minimum absolute atomic E-state index is 0.0586. The maximum absolute atomic E-state index is 12.0. The Labute approximate surface area is 160 Å². The fourth-order valence-corrected chi connectivity index (χ4v) is 2.47. The molecule has 0 saturated heterocycles. The molecule has 2 aromatic rings. The number of methoxy groups -OCH3 is 1. The second-order valence-corrected chi connectivity index (χ2v) is 5.92. The third-order valence-electron chi connectivity index (χ3n) is 3.89. The molecule has 0 saturated carbocycles. The Morgan fingerprint density at radius 2 is 1.96 bits per heavy atom. The highest BCUT2D eigenvalue weighted by atomic mass is 16.5. The van der Waals surface area contributed by atoms with Gasteiger partial charge in [-0.1, -0.05) is 43.3 Å². The topological polar surface area (TPSA) is 71.4 Å². The van der Waals surface area contributed by atoms with E-state index in [1.807, 2.05) is 31.2 Å². The van der Waals surface area contributed by atoms with Crippen molar-refractivity contribution in [3.8, 4) is 17.6 Å². The summed E-state index contributed by atoms with van der Waals surface area (Å²) < 4.78 is 11.2. The molecule has 0 aliphatic carbocycles. The van der Waals surface area contributed by atoms with Crippen LogP contribution >= 0.6 is 0 Å². The van der Waals surface area contributed by atoms with Crippen molar-refractivity contribution in [2.75, 3.05) is 20.3 Å². The molecule has 1 amide bonds. The molecule has 0 aliphatic rings. The Bertz CT molecular complexity index is 823. The van der Waals surface area contributed by atoms with Crippen LogP contribution in [0.2, 0.25) is 0 Å². The van der Waals surface area contributed by atoms with Crippen molar-refractivity contribution in [3.63, 3.8) is 0 Å². The Balaban J connectivity index is 2.07. The van der Waals surface area contributed by atoms with Gasteiger partial charge in [0.2, 0.25) is 0 Å². The summed E-state index contributed by atoms with van der Waals surface area (Å²) in [5, 5.41) is 11.9. The third-order valence-corrected chi connectivity index (χ3v) is 3.89. The van der Waals surface area contributed by atoms with Crippen molar-refractivity contribution in [2.45, 2.75) is 19.8 Å². The van der Waals surface area contributed by atoms with Gasteiger partial charge in [-0.3, -0.25) is 4.79 Å². The van der Waals surface area contributed by atoms with Crippen LogP contribution in [0.4, 0.5) is 0 Å². The number of nitriles is 1. The number of amides is 1. The first-order chi connectivity index (χ1) is 13.2. The van der Waals surface area contributed by atoms with Gasteiger partial charge >= 0.3 is 0 Å². The number of benzene rings is 2. The largest absolute Gasteiger partial charge is 0.493 e. The van der Waals surface area contributed by atoms with Crippen LogP contribution in [0.25, 0.3) is 6.08 Å². The maximum Gasteiger partial charge on any atom is 0.261 e. The van der Waals surface area contributed by atoms with Crippen LogP contribution in [0.15, 0.2) is 54.1 Å². The SMILES string of the molecule is CCCNC(=O)/C(C#N)=C\c1ccc(OCCc2ccccc2)c(OC)c1. The Kier molecular flexibility index (Phi) is 7.92. The second kappa shape index (κ2) is 10.7. The number of nitrogens with zero attached hydrogens (tertiary/aromatic N) is 1. The van der Waals surface area contributed by atoms with E-state index in [9.17, 15) is 10.1 Å². The molecule has 1 N–H and O–H groups in total. The quantitative estimate of drug-likeness (QED) is 0.543. The van der Waals surface area contributed by atoms with Gasteiger partial charge < -0.3 is 14.8 Å². The second-order valence-electron chi connectivity index (χ2n) is 5.92. The van der Waals surface area contributed by atoms with Gasteiger partial charge in [-0.25, -0.2) is 0 Å². The summed E-state index contributed by atoms with van der Waals surface area (Å²) in [4.78, 5) is 12.0. The molecule has 0 radical (unpaired) electrons. The molecule has 140 valence electrons. The van der Waals surface area contributed by atoms with Crippen LogP contribution in [-0.4, -0.2) is 26.2 Å². The van der Waals surface area contributed by atoms with Crippen molar-refractivity contribution in [3.05, 3.63) is 65.2 Å². The predicted octanol–water partition coefficient (Wildman–Crippen LogP) is 3.75. The van der Waals surface area contributed by atoms with E-state index < -0.39 is 0 Å². The maximum atomic E-state index is 12.0. The average molecular weight is 364 g/mol. The zero-order valence-corrected chi connectivity index (χ0v) is 15.7. The molecule has 5 heteroatoms. The van der Waals surface area contributed by atoms with E-state index in [1.165, 1.54) is 5.56 Å². The van der Waals surface area contributed by atoms with Gasteiger partial charge in [0, 0.05) is 13.0 Å². The third kappa shape index (κ3) is 6.19. The molecule has 0 heterocycles. The van der Waals surface area contributed by atoms with Crippen molar-refractivity contribution in [1.29, 1.82) is 5.26 Å². The highest BCUT2D eigenvalue weighted by Crippen LogP contribution is 2.29. The lowest BCUT2D eigenvalue weighted by molar-refractivity contribution is -0.117. The van der Waals surface area contributed by atoms with Crippen LogP contribution in [-0.2, 0) is 11.2 Å². The van der Waals surface area contributed by atoms with Gasteiger partial charge in [0.15, 0.2) is 11.5 Å². The molecule has 27 heavy (non-hydrogen) atoms. The number of carbonyl (C=O) groups is 1. The van der Waals surface area contributed by atoms with Gasteiger partial charge in [-0.2, -0.15) is 5.26 Å². The molecule has 0 spiro atoms. The van der Waals surface area contributed by atoms with Crippen LogP contribution in [0.3, 0.4) is 0 Å². The average Bonchev–Trinajstić information content (AvgIpc) is 2.71. The summed E-state index contributed by atoms with van der Waals surface area (Å²) in [6.07, 6.45) is 3.15. The van der Waals surface area contributed by atoms with Crippen molar-refractivity contribution in [1.82, 2.24) is 5.32 Å². The first-order valence-corrected chi connectivity index (χ1v) is 8.92. The number of carbonyl (C=O) groups excluding carboxylic acids is 1. The first-order valence-electron chi connectivity index (χ1n) is 8.92. The standard InChI is InChI=1S/C22H24N2O3/c1-3-12-24-22(25)19(16-23)14-18-9-10-20(21(15-18)26-2)27-13-11-17-7-5-4-6-8-17/h4-10,14-15H,3,11-13H2,1-2H3,(H,24,25)/b19-14-. The molecule has 2 rings (SSSR count). The lowest BCUT2D eigenvalue weighted by Gasteiger charge is -2.11. The predicted molar refractivity (Wildman–Crippen MR) is 106 cm³/mol. The zero-order chi connectivity index (χ0) is 19.5. The molecule has 0 aliphatic heterocycles. The smallest absolute Gasteiger partial charge is 0.261 e. The molecular formula is C22H24N2O3. The summed E-state index contributed by atoms with van der Waals surface area (Å²) >= 11 is 0. The number of nitrogens with one attached hydrogen (secondary N) is 1. The molecule has 0 atom stereocenters. The normalized spacial score (nSPS) is 10.8. The molecule has 2 aromatic carbocycles. The Morgan fingerprint density at radius 3 is 2.63 bits per heavy atom. The van der Waals surface area contributed by atoms with E-state index in [2.05, 4.69) is 17.4 Å². The lowest BCUT2D eigenvalue weighted by Crippen LogP contribution is -2.25. The van der Waals surface area contributed by atoms with Crippen LogP contribution in [0.1, 0.15) is 24.5 Å². The van der Waals surface area contributed by atoms with Gasteiger partial charge in [-0.05, 0) is 35.8 Å². The van der Waals surface area contributed by atoms with E-state index >= 15 is 0 Å². The lowest BCUT2D eigenvalue weighted by atomic mass is 10.1. The highest BCUT2D eigenvalue weighted by molar-refractivity contribution is 6.01. The molecule has 0 aromatic heterocycles. The van der Waals surface area contributed by atoms with Crippen molar-refractivity contribution in [2.24, 2.45) is 0 Å². The molecular weight excluding hydrogens is 340 g/mol. The van der Waals surface area contributed by atoms with E-state index in [0.717, 1.165) is 12.8 Å². The van der Waals surface area contributed by atoms with E-state index in [4.69, 9.17) is 9.47 Å². The molecule has 0 unspecified atom stereocenters. The van der Waals surface area contributed by atoms with Crippen molar-refractivity contribution < 1.29 is 14.3 Å². The number of hydrogen-bond acceptors (Lipinski definition) is 4. The molecule has 0 bridgehead atoms. The minimum Gasteiger partial charge on any atom is -0.493 e. The Morgan fingerprint density at radius 1 is 1.19 bits per heavy atom. The van der Waals surface area contributed by atoms with Crippen LogP contribution in [0.5, 0.6) is 11.5 Å². The van der Waals surface area contributed by atoms with Gasteiger partial charge in [-0.15, -0.1) is 0 Å².